The molecule has 1 N–H and O–H groups in total. The lowest BCUT2D eigenvalue weighted by Crippen LogP contribution is -2.24. The number of thiazole rings is 1. The highest BCUT2D eigenvalue weighted by molar-refractivity contribution is 7.16. The van der Waals surface area contributed by atoms with Gasteiger partial charge in [0.1, 0.15) is 4.88 Å². The third kappa shape index (κ3) is 3.71. The highest BCUT2D eigenvalue weighted by Gasteiger charge is 2.18. The molecule has 1 saturated heterocycles. The fourth-order valence-corrected chi connectivity index (χ4v) is 3.97. The van der Waals surface area contributed by atoms with Crippen molar-refractivity contribution in [1.82, 2.24) is 19.3 Å². The van der Waals surface area contributed by atoms with Crippen molar-refractivity contribution in [2.45, 2.75) is 38.8 Å². The van der Waals surface area contributed by atoms with Gasteiger partial charge in [0.25, 0.3) is 5.91 Å². The number of ether oxygens (including phenoxy) is 1. The van der Waals surface area contributed by atoms with Gasteiger partial charge in [-0.2, -0.15) is 5.10 Å². The van der Waals surface area contributed by atoms with E-state index in [0.29, 0.717) is 17.1 Å². The minimum absolute atomic E-state index is 0.160. The summed E-state index contributed by atoms with van der Waals surface area (Å²) in [5.41, 5.74) is 1.40. The summed E-state index contributed by atoms with van der Waals surface area (Å²) in [6, 6.07) is 3.86. The predicted octanol–water partition coefficient (Wildman–Crippen LogP) is 3.26. The van der Waals surface area contributed by atoms with E-state index < -0.39 is 0 Å². The number of anilines is 1. The van der Waals surface area contributed by atoms with Crippen LogP contribution in [0.5, 0.6) is 0 Å². The summed E-state index contributed by atoms with van der Waals surface area (Å²) in [5.74, 6) is -0.160. The van der Waals surface area contributed by atoms with Gasteiger partial charge >= 0.3 is 0 Å². The van der Waals surface area contributed by atoms with Crippen LogP contribution in [-0.4, -0.2) is 37.9 Å². The van der Waals surface area contributed by atoms with Gasteiger partial charge in [0.05, 0.1) is 30.2 Å². The molecule has 8 heteroatoms. The Kier molecular flexibility index (Phi) is 4.85. The summed E-state index contributed by atoms with van der Waals surface area (Å²) in [6.07, 6.45) is 10.9. The molecule has 1 amide bonds. The molecule has 1 fully saturated rings. The molecule has 136 valence electrons. The maximum atomic E-state index is 12.6. The van der Waals surface area contributed by atoms with Gasteiger partial charge in [-0.3, -0.25) is 9.48 Å². The van der Waals surface area contributed by atoms with E-state index in [4.69, 9.17) is 4.74 Å². The second kappa shape index (κ2) is 7.43. The van der Waals surface area contributed by atoms with Crippen LogP contribution in [0.2, 0.25) is 0 Å². The number of carbonyl (C=O) groups excluding carboxylic acids is 1. The number of hydrogen-bond donors (Lipinski definition) is 1. The lowest BCUT2D eigenvalue weighted by atomic mass is 10.1. The average Bonchev–Trinajstić information content (AvgIpc) is 3.37. The molecule has 1 aliphatic heterocycles. The van der Waals surface area contributed by atoms with E-state index in [1.807, 2.05) is 46.9 Å². The highest BCUT2D eigenvalue weighted by atomic mass is 32.1. The van der Waals surface area contributed by atoms with E-state index in [1.165, 1.54) is 17.8 Å². The lowest BCUT2D eigenvalue weighted by Gasteiger charge is -2.22. The van der Waals surface area contributed by atoms with Gasteiger partial charge in [0.2, 0.25) is 0 Å². The zero-order valence-electron chi connectivity index (χ0n) is 14.6. The summed E-state index contributed by atoms with van der Waals surface area (Å²) in [7, 11) is 0. The number of carbonyl (C=O) groups is 1. The molecule has 7 nitrogen and oxygen atoms in total. The van der Waals surface area contributed by atoms with Crippen LogP contribution in [0.3, 0.4) is 0 Å². The second-order valence-corrected chi connectivity index (χ2v) is 7.37. The smallest absolute Gasteiger partial charge is 0.267 e. The number of rotatable bonds is 5. The fraction of sp³-hybridized carbons (Fsp3) is 0.389. The molecule has 1 aliphatic rings. The van der Waals surface area contributed by atoms with Crippen LogP contribution in [-0.2, 0) is 11.3 Å². The predicted molar refractivity (Wildman–Crippen MR) is 99.9 cm³/mol. The molecule has 0 aromatic carbocycles. The Labute approximate surface area is 155 Å². The number of amides is 1. The zero-order valence-corrected chi connectivity index (χ0v) is 15.4. The first-order valence-corrected chi connectivity index (χ1v) is 9.57. The summed E-state index contributed by atoms with van der Waals surface area (Å²) >= 11 is 1.37. The topological polar surface area (TPSA) is 74.0 Å². The maximum absolute atomic E-state index is 12.6. The van der Waals surface area contributed by atoms with Gasteiger partial charge in [-0.1, -0.05) is 11.3 Å². The Morgan fingerprint density at radius 1 is 1.38 bits per heavy atom. The van der Waals surface area contributed by atoms with Gasteiger partial charge in [-0.05, 0) is 38.3 Å². The van der Waals surface area contributed by atoms with Gasteiger partial charge in [0.15, 0.2) is 5.13 Å². The van der Waals surface area contributed by atoms with Crippen molar-refractivity contribution >= 4 is 22.9 Å². The summed E-state index contributed by atoms with van der Waals surface area (Å²) in [5, 5.41) is 8.02. The number of aryl methyl sites for hydroxylation is 1. The van der Waals surface area contributed by atoms with E-state index in [-0.39, 0.29) is 12.0 Å². The van der Waals surface area contributed by atoms with Crippen LogP contribution in [0.4, 0.5) is 5.69 Å². The van der Waals surface area contributed by atoms with Crippen LogP contribution in [0, 0.1) is 6.92 Å². The van der Waals surface area contributed by atoms with Crippen LogP contribution in [0.15, 0.2) is 36.9 Å². The van der Waals surface area contributed by atoms with Gasteiger partial charge < -0.3 is 14.6 Å². The maximum Gasteiger partial charge on any atom is 0.267 e. The van der Waals surface area contributed by atoms with Crippen molar-refractivity contribution in [1.29, 1.82) is 0 Å². The van der Waals surface area contributed by atoms with E-state index >= 15 is 0 Å². The molecular weight excluding hydrogens is 350 g/mol. The Balaban J connectivity index is 1.42. The average molecular weight is 371 g/mol. The third-order valence-corrected chi connectivity index (χ3v) is 5.54. The first-order valence-electron chi connectivity index (χ1n) is 8.75. The molecule has 26 heavy (non-hydrogen) atoms. The number of nitrogens with one attached hydrogen (secondary N) is 1. The molecular formula is C18H21N5O2S. The lowest BCUT2D eigenvalue weighted by molar-refractivity contribution is 0.00401. The molecule has 0 radical (unpaired) electrons. The standard InChI is InChI=1S/C18H21N5O2S/c1-13-16(26-18(20-13)22-7-3-4-8-22)17(24)21-14-10-19-23(11-14)12-15-6-2-5-9-25-15/h3-4,7-8,10-11,15H,2,5-6,9,12H2,1H3,(H,21,24). The summed E-state index contributed by atoms with van der Waals surface area (Å²) in [6.45, 7) is 3.39. The van der Waals surface area contributed by atoms with Crippen LogP contribution >= 0.6 is 11.3 Å². The van der Waals surface area contributed by atoms with Crippen LogP contribution in [0.1, 0.15) is 34.6 Å². The van der Waals surface area contributed by atoms with Gasteiger partial charge in [-0.25, -0.2) is 4.98 Å². The number of aromatic nitrogens is 4. The Bertz CT molecular complexity index is 877. The summed E-state index contributed by atoms with van der Waals surface area (Å²) in [4.78, 5) is 17.7. The third-order valence-electron chi connectivity index (χ3n) is 4.37. The highest BCUT2D eigenvalue weighted by Crippen LogP contribution is 2.23. The largest absolute Gasteiger partial charge is 0.376 e. The minimum Gasteiger partial charge on any atom is -0.376 e. The molecule has 4 heterocycles. The number of hydrogen-bond acceptors (Lipinski definition) is 5. The van der Waals surface area contributed by atoms with E-state index in [2.05, 4.69) is 15.4 Å². The van der Waals surface area contributed by atoms with Crippen molar-refractivity contribution in [2.75, 3.05) is 11.9 Å². The molecule has 0 bridgehead atoms. The van der Waals surface area contributed by atoms with Crippen molar-refractivity contribution in [3.63, 3.8) is 0 Å². The van der Waals surface area contributed by atoms with Crippen molar-refractivity contribution in [3.05, 3.63) is 47.5 Å². The summed E-state index contributed by atoms with van der Waals surface area (Å²) < 4.78 is 9.47. The molecule has 1 unspecified atom stereocenters. The van der Waals surface area contributed by atoms with E-state index in [0.717, 1.165) is 30.3 Å². The molecule has 4 rings (SSSR count). The monoisotopic (exact) mass is 371 g/mol. The normalized spacial score (nSPS) is 17.3. The quantitative estimate of drug-likeness (QED) is 0.747. The van der Waals surface area contributed by atoms with Crippen molar-refractivity contribution < 1.29 is 9.53 Å². The SMILES string of the molecule is Cc1nc(-n2cccc2)sc1C(=O)Nc1cnn(CC2CCCCO2)c1. The first kappa shape index (κ1) is 17.0. The molecule has 0 aliphatic carbocycles. The van der Waals surface area contributed by atoms with Crippen molar-refractivity contribution in [2.24, 2.45) is 0 Å². The van der Waals surface area contributed by atoms with Gasteiger partial charge in [-0.15, -0.1) is 0 Å². The fourth-order valence-electron chi connectivity index (χ4n) is 3.04. The Morgan fingerprint density at radius 3 is 3.00 bits per heavy atom. The van der Waals surface area contributed by atoms with Crippen molar-refractivity contribution in [3.8, 4) is 5.13 Å². The molecule has 0 spiro atoms. The Morgan fingerprint density at radius 2 is 2.23 bits per heavy atom. The second-order valence-electron chi connectivity index (χ2n) is 6.40. The zero-order chi connectivity index (χ0) is 17.9. The van der Waals surface area contributed by atoms with Crippen LogP contribution < -0.4 is 5.32 Å². The van der Waals surface area contributed by atoms with Crippen LogP contribution in [0.25, 0.3) is 5.13 Å². The number of nitrogens with zero attached hydrogens (tertiary/aromatic N) is 4. The van der Waals surface area contributed by atoms with E-state index in [1.54, 1.807) is 6.20 Å². The Hall–Kier alpha value is -2.45. The molecule has 0 saturated carbocycles. The van der Waals surface area contributed by atoms with E-state index in [9.17, 15) is 4.79 Å². The molecule has 3 aromatic heterocycles. The molecule has 3 aromatic rings. The van der Waals surface area contributed by atoms with Gasteiger partial charge in [0, 0.05) is 25.2 Å². The molecule has 1 atom stereocenters. The minimum atomic E-state index is -0.160. The first-order chi connectivity index (χ1) is 12.7.